The van der Waals surface area contributed by atoms with Gasteiger partial charge in [-0.25, -0.2) is 4.98 Å². The molecule has 1 N–H and O–H groups in total. The summed E-state index contributed by atoms with van der Waals surface area (Å²) in [6.45, 7) is 0.712. The van der Waals surface area contributed by atoms with Crippen LogP contribution in [0.4, 0.5) is 0 Å². The number of aryl methyl sites for hydroxylation is 1. The Kier molecular flexibility index (Phi) is 5.11. The third kappa shape index (κ3) is 3.80. The monoisotopic (exact) mass is 393 g/mol. The van der Waals surface area contributed by atoms with Crippen molar-refractivity contribution in [2.24, 2.45) is 7.05 Å². The summed E-state index contributed by atoms with van der Waals surface area (Å²) in [7, 11) is 1.93. The number of benzene rings is 1. The first-order chi connectivity index (χ1) is 11.1. The van der Waals surface area contributed by atoms with Crippen LogP contribution in [0.3, 0.4) is 0 Å². The number of carbonyl (C=O) groups is 1. The van der Waals surface area contributed by atoms with Crippen LogP contribution in [0.1, 0.15) is 24.8 Å². The summed E-state index contributed by atoms with van der Waals surface area (Å²) in [5.41, 5.74) is 1.42. The molecule has 1 aromatic heterocycles. The van der Waals surface area contributed by atoms with Gasteiger partial charge < -0.3 is 9.88 Å². The smallest absolute Gasteiger partial charge is 0.230 e. The van der Waals surface area contributed by atoms with E-state index in [1.807, 2.05) is 23.9 Å². The quantitative estimate of drug-likeness (QED) is 0.763. The Hall–Kier alpha value is -1.27. The summed E-state index contributed by atoms with van der Waals surface area (Å²) < 4.78 is 3.02. The minimum atomic E-state index is 0.0688. The summed E-state index contributed by atoms with van der Waals surface area (Å²) in [6, 6.07) is 8.45. The van der Waals surface area contributed by atoms with Crippen molar-refractivity contribution in [3.05, 3.63) is 46.7 Å². The molecule has 122 valence electrons. The highest BCUT2D eigenvalue weighted by molar-refractivity contribution is 9.10. The number of thioether (sulfide) groups is 1. The Labute approximate surface area is 149 Å². The zero-order chi connectivity index (χ0) is 16.3. The van der Waals surface area contributed by atoms with Gasteiger partial charge in [-0.15, -0.1) is 0 Å². The maximum atomic E-state index is 12.2. The number of nitrogens with zero attached hydrogens (tertiary/aromatic N) is 2. The highest BCUT2D eigenvalue weighted by Crippen LogP contribution is 2.43. The van der Waals surface area contributed by atoms with Crippen LogP contribution in [0, 0.1) is 0 Å². The number of carbonyl (C=O) groups excluding carboxylic acids is 1. The van der Waals surface area contributed by atoms with E-state index in [0.29, 0.717) is 12.3 Å². The molecule has 0 unspecified atom stereocenters. The highest BCUT2D eigenvalue weighted by Gasteiger charge is 2.38. The maximum Gasteiger partial charge on any atom is 0.230 e. The molecule has 0 bridgehead atoms. The minimum Gasteiger partial charge on any atom is -0.354 e. The standard InChI is InChI=1S/C17H20BrN3OS/c1-21-9-8-19-16(21)23-11-15(22)20-12-17(6-3-7-17)13-4-2-5-14(18)10-13/h2,4-5,8-10H,3,6-7,11-12H2,1H3,(H,20,22). The lowest BCUT2D eigenvalue weighted by molar-refractivity contribution is -0.119. The van der Waals surface area contributed by atoms with Gasteiger partial charge in [0.05, 0.1) is 5.75 Å². The van der Waals surface area contributed by atoms with Crippen LogP contribution < -0.4 is 5.32 Å². The Bertz CT molecular complexity index is 697. The van der Waals surface area contributed by atoms with Crippen molar-refractivity contribution in [2.45, 2.75) is 29.8 Å². The zero-order valence-corrected chi connectivity index (χ0v) is 15.5. The lowest BCUT2D eigenvalue weighted by Gasteiger charge is -2.42. The van der Waals surface area contributed by atoms with Crippen LogP contribution in [0.2, 0.25) is 0 Å². The van der Waals surface area contributed by atoms with E-state index in [2.05, 4.69) is 44.4 Å². The van der Waals surface area contributed by atoms with E-state index in [0.717, 1.165) is 22.5 Å². The number of aromatic nitrogens is 2. The lowest BCUT2D eigenvalue weighted by atomic mass is 9.64. The second-order valence-electron chi connectivity index (χ2n) is 6.03. The Balaban J connectivity index is 1.56. The molecule has 23 heavy (non-hydrogen) atoms. The third-order valence-electron chi connectivity index (χ3n) is 4.48. The van der Waals surface area contributed by atoms with Gasteiger partial charge in [0.2, 0.25) is 5.91 Å². The Morgan fingerprint density at radius 1 is 1.48 bits per heavy atom. The van der Waals surface area contributed by atoms with E-state index >= 15 is 0 Å². The number of halogens is 1. The van der Waals surface area contributed by atoms with Gasteiger partial charge in [-0.2, -0.15) is 0 Å². The van der Waals surface area contributed by atoms with Crippen LogP contribution >= 0.6 is 27.7 Å². The first-order valence-corrected chi connectivity index (χ1v) is 9.50. The highest BCUT2D eigenvalue weighted by atomic mass is 79.9. The van der Waals surface area contributed by atoms with Crippen LogP contribution in [-0.4, -0.2) is 27.8 Å². The molecule has 0 atom stereocenters. The molecular weight excluding hydrogens is 374 g/mol. The minimum absolute atomic E-state index is 0.0688. The van der Waals surface area contributed by atoms with Crippen molar-refractivity contribution in [2.75, 3.05) is 12.3 Å². The molecule has 0 spiro atoms. The predicted molar refractivity (Wildman–Crippen MR) is 96.6 cm³/mol. The van der Waals surface area contributed by atoms with Gasteiger partial charge in [0.15, 0.2) is 5.16 Å². The van der Waals surface area contributed by atoms with Crippen molar-refractivity contribution in [1.82, 2.24) is 14.9 Å². The maximum absolute atomic E-state index is 12.2. The second kappa shape index (κ2) is 7.09. The molecule has 1 heterocycles. The summed E-state index contributed by atoms with van der Waals surface area (Å²) in [5.74, 6) is 0.471. The number of imidazole rings is 1. The van der Waals surface area contributed by atoms with Crippen molar-refractivity contribution in [3.63, 3.8) is 0 Å². The molecule has 6 heteroatoms. The summed E-state index contributed by atoms with van der Waals surface area (Å²) in [6.07, 6.45) is 7.13. The molecule has 2 aromatic rings. The number of amides is 1. The SMILES string of the molecule is Cn1ccnc1SCC(=O)NCC1(c2cccc(Br)c2)CCC1. The van der Waals surface area contributed by atoms with Crippen LogP contribution in [0.5, 0.6) is 0 Å². The molecule has 0 saturated heterocycles. The Morgan fingerprint density at radius 2 is 2.30 bits per heavy atom. The third-order valence-corrected chi connectivity index (χ3v) is 6.03. The van der Waals surface area contributed by atoms with Gasteiger partial charge >= 0.3 is 0 Å². The number of nitrogens with one attached hydrogen (secondary N) is 1. The molecule has 1 saturated carbocycles. The molecule has 4 nitrogen and oxygen atoms in total. The molecule has 3 rings (SSSR count). The van der Waals surface area contributed by atoms with Crippen LogP contribution in [-0.2, 0) is 17.3 Å². The molecule has 0 radical (unpaired) electrons. The first-order valence-electron chi connectivity index (χ1n) is 7.72. The van der Waals surface area contributed by atoms with Gasteiger partial charge in [0.25, 0.3) is 0 Å². The zero-order valence-electron chi connectivity index (χ0n) is 13.1. The molecule has 1 fully saturated rings. The van der Waals surface area contributed by atoms with E-state index in [-0.39, 0.29) is 11.3 Å². The lowest BCUT2D eigenvalue weighted by Crippen LogP contribution is -2.46. The average molecular weight is 394 g/mol. The van der Waals surface area contributed by atoms with E-state index in [1.165, 1.54) is 23.7 Å². The second-order valence-corrected chi connectivity index (χ2v) is 7.89. The Morgan fingerprint density at radius 3 is 2.91 bits per heavy atom. The number of hydrogen-bond acceptors (Lipinski definition) is 3. The van der Waals surface area contributed by atoms with Crippen molar-refractivity contribution in [1.29, 1.82) is 0 Å². The van der Waals surface area contributed by atoms with Crippen molar-refractivity contribution >= 4 is 33.6 Å². The van der Waals surface area contributed by atoms with Crippen molar-refractivity contribution in [3.8, 4) is 0 Å². The van der Waals surface area contributed by atoms with Gasteiger partial charge in [-0.05, 0) is 30.5 Å². The number of rotatable bonds is 6. The van der Waals surface area contributed by atoms with E-state index < -0.39 is 0 Å². The van der Waals surface area contributed by atoms with E-state index in [1.54, 1.807) is 6.20 Å². The molecule has 1 aromatic carbocycles. The average Bonchev–Trinajstić information content (AvgIpc) is 2.89. The molecule has 0 aliphatic heterocycles. The van der Waals surface area contributed by atoms with Gasteiger partial charge in [0.1, 0.15) is 0 Å². The largest absolute Gasteiger partial charge is 0.354 e. The molecule has 1 amide bonds. The molecule has 1 aliphatic carbocycles. The van der Waals surface area contributed by atoms with Gasteiger partial charge in [-0.3, -0.25) is 4.79 Å². The normalized spacial score (nSPS) is 15.9. The van der Waals surface area contributed by atoms with Gasteiger partial charge in [-0.1, -0.05) is 46.2 Å². The summed E-state index contributed by atoms with van der Waals surface area (Å²) >= 11 is 5.01. The molecule has 1 aliphatic rings. The van der Waals surface area contributed by atoms with Crippen LogP contribution in [0.25, 0.3) is 0 Å². The molecular formula is C17H20BrN3OS. The number of hydrogen-bond donors (Lipinski definition) is 1. The van der Waals surface area contributed by atoms with Gasteiger partial charge in [0, 0.05) is 35.9 Å². The van der Waals surface area contributed by atoms with Crippen LogP contribution in [0.15, 0.2) is 46.3 Å². The fraction of sp³-hybridized carbons (Fsp3) is 0.412. The van der Waals surface area contributed by atoms with E-state index in [9.17, 15) is 4.79 Å². The van der Waals surface area contributed by atoms with Crippen molar-refractivity contribution < 1.29 is 4.79 Å². The summed E-state index contributed by atoms with van der Waals surface area (Å²) in [4.78, 5) is 16.4. The topological polar surface area (TPSA) is 46.9 Å². The predicted octanol–water partition coefficient (Wildman–Crippen LogP) is 3.51. The first kappa shape index (κ1) is 16.6. The van der Waals surface area contributed by atoms with E-state index in [4.69, 9.17) is 0 Å². The fourth-order valence-electron chi connectivity index (χ4n) is 2.93. The summed E-state index contributed by atoms with van der Waals surface area (Å²) in [5, 5.41) is 3.98. The fourth-order valence-corrected chi connectivity index (χ4v) is 4.09.